The zero-order valence-electron chi connectivity index (χ0n) is 10.8. The molecule has 0 spiro atoms. The van der Waals surface area contributed by atoms with Crippen molar-refractivity contribution in [1.82, 2.24) is 0 Å². The molecule has 0 saturated heterocycles. The largest absolute Gasteiger partial charge is 0.0776 e. The van der Waals surface area contributed by atoms with Crippen LogP contribution in [0.15, 0.2) is 30.3 Å². The van der Waals surface area contributed by atoms with Crippen LogP contribution in [0, 0.1) is 0 Å². The van der Waals surface area contributed by atoms with Crippen LogP contribution >= 0.6 is 0 Å². The minimum Gasteiger partial charge on any atom is -0.0776 e. The molecule has 0 bridgehead atoms. The third-order valence-corrected chi connectivity index (χ3v) is 2.55. The Morgan fingerprint density at radius 1 is 0.875 bits per heavy atom. The zero-order chi connectivity index (χ0) is 11.5. The van der Waals surface area contributed by atoms with E-state index in [0.29, 0.717) is 0 Å². The molecule has 94 valence electrons. The summed E-state index contributed by atoms with van der Waals surface area (Å²) in [5.74, 6) is 0.788. The molecule has 0 atom stereocenters. The summed E-state index contributed by atoms with van der Waals surface area (Å²) in [6.45, 7) is 8.54. The van der Waals surface area contributed by atoms with Gasteiger partial charge in [0.05, 0.1) is 0 Å². The van der Waals surface area contributed by atoms with Crippen LogP contribution in [-0.4, -0.2) is 0 Å². The van der Waals surface area contributed by atoms with Gasteiger partial charge in [-0.05, 0) is 24.3 Å². The van der Waals surface area contributed by atoms with E-state index in [-0.39, 0.29) is 7.43 Å². The molecule has 1 aromatic rings. The maximum Gasteiger partial charge on any atom is -0.0162 e. The van der Waals surface area contributed by atoms with E-state index in [2.05, 4.69) is 44.2 Å². The molecule has 0 aliphatic rings. The van der Waals surface area contributed by atoms with Crippen LogP contribution in [0.5, 0.6) is 0 Å². The third-order valence-electron chi connectivity index (χ3n) is 2.55. The highest BCUT2D eigenvalue weighted by atomic mass is 14.1. The Morgan fingerprint density at radius 2 is 1.31 bits per heavy atom. The molecular weight excluding hydrogens is 192 g/mol. The van der Waals surface area contributed by atoms with E-state index in [4.69, 9.17) is 0 Å². The van der Waals surface area contributed by atoms with Crippen molar-refractivity contribution < 1.29 is 0 Å². The van der Waals surface area contributed by atoms with E-state index in [1.165, 1.54) is 31.2 Å². The Labute approximate surface area is 103 Å². The van der Waals surface area contributed by atoms with Crippen LogP contribution in [0.4, 0.5) is 0 Å². The van der Waals surface area contributed by atoms with E-state index in [9.17, 15) is 0 Å². The van der Waals surface area contributed by atoms with Crippen molar-refractivity contribution in [2.24, 2.45) is 0 Å². The molecule has 1 aromatic carbocycles. The van der Waals surface area contributed by atoms with Crippen molar-refractivity contribution in [3.05, 3.63) is 35.9 Å². The molecule has 16 heavy (non-hydrogen) atoms. The predicted octanol–water partition coefficient (Wildman–Crippen LogP) is 6.03. The summed E-state index contributed by atoms with van der Waals surface area (Å²) in [5, 5.41) is 0. The van der Waals surface area contributed by atoms with E-state index in [1.54, 1.807) is 0 Å². The Morgan fingerprint density at radius 3 is 1.69 bits per heavy atom. The summed E-state index contributed by atoms with van der Waals surface area (Å²) in [7, 11) is 0. The van der Waals surface area contributed by atoms with Crippen LogP contribution in [0.1, 0.15) is 72.3 Å². The molecule has 0 heteroatoms. The fourth-order valence-corrected chi connectivity index (χ4v) is 1.90. The van der Waals surface area contributed by atoms with Crippen molar-refractivity contribution in [2.45, 2.75) is 66.7 Å². The lowest BCUT2D eigenvalue weighted by Gasteiger charge is -2.15. The lowest BCUT2D eigenvalue weighted by atomic mass is 9.91. The summed E-state index contributed by atoms with van der Waals surface area (Å²) in [5.41, 5.74) is 1.52. The molecule has 0 amide bonds. The normalized spacial score (nSPS) is 9.06. The zero-order valence-corrected chi connectivity index (χ0v) is 10.8. The second-order valence-corrected chi connectivity index (χ2v) is 3.68. The average Bonchev–Trinajstić information content (AvgIpc) is 2.33. The van der Waals surface area contributed by atoms with Crippen LogP contribution in [0.3, 0.4) is 0 Å². The molecule has 0 aromatic heterocycles. The third kappa shape index (κ3) is 6.66. The van der Waals surface area contributed by atoms with Gasteiger partial charge in [-0.15, -0.1) is 0 Å². The summed E-state index contributed by atoms with van der Waals surface area (Å²) < 4.78 is 0. The van der Waals surface area contributed by atoms with Gasteiger partial charge in [0.25, 0.3) is 0 Å². The van der Waals surface area contributed by atoms with Gasteiger partial charge in [-0.25, -0.2) is 0 Å². The van der Waals surface area contributed by atoms with Crippen molar-refractivity contribution >= 4 is 0 Å². The Balaban J connectivity index is 0. The lowest BCUT2D eigenvalue weighted by Crippen LogP contribution is -1.97. The molecule has 0 unspecified atom stereocenters. The quantitative estimate of drug-likeness (QED) is 0.570. The van der Waals surface area contributed by atoms with Gasteiger partial charge in [-0.2, -0.15) is 0 Å². The topological polar surface area (TPSA) is 0 Å². The first-order valence-electron chi connectivity index (χ1n) is 6.43. The van der Waals surface area contributed by atoms with Gasteiger partial charge in [0, 0.05) is 0 Å². The minimum absolute atomic E-state index is 0. The Bertz CT molecular complexity index is 207. The second-order valence-electron chi connectivity index (χ2n) is 3.68. The highest BCUT2D eigenvalue weighted by molar-refractivity contribution is 5.19. The van der Waals surface area contributed by atoms with Gasteiger partial charge in [0.15, 0.2) is 0 Å². The van der Waals surface area contributed by atoms with Gasteiger partial charge in [0.1, 0.15) is 0 Å². The first-order valence-corrected chi connectivity index (χ1v) is 6.43. The predicted molar refractivity (Wildman–Crippen MR) is 77.1 cm³/mol. The van der Waals surface area contributed by atoms with Crippen molar-refractivity contribution in [1.29, 1.82) is 0 Å². The van der Waals surface area contributed by atoms with E-state index in [0.717, 1.165) is 5.92 Å². The molecule has 0 N–H and O–H groups in total. The van der Waals surface area contributed by atoms with Crippen molar-refractivity contribution in [2.75, 3.05) is 0 Å². The number of hydrogen-bond donors (Lipinski definition) is 0. The van der Waals surface area contributed by atoms with E-state index >= 15 is 0 Å². The summed E-state index contributed by atoms with van der Waals surface area (Å²) >= 11 is 0. The minimum atomic E-state index is 0. The molecule has 0 radical (unpaired) electrons. The molecule has 0 aliphatic carbocycles. The molecule has 1 rings (SSSR count). The molecule has 0 heterocycles. The van der Waals surface area contributed by atoms with Gasteiger partial charge < -0.3 is 0 Å². The number of benzene rings is 1. The van der Waals surface area contributed by atoms with Crippen LogP contribution in [0.25, 0.3) is 0 Å². The van der Waals surface area contributed by atoms with Crippen LogP contribution < -0.4 is 0 Å². The first-order chi connectivity index (χ1) is 7.38. The van der Waals surface area contributed by atoms with E-state index in [1.807, 2.05) is 13.8 Å². The SMILES string of the molecule is C.CC.CCCC(CCC)c1ccccc1. The average molecular weight is 222 g/mol. The molecule has 0 fully saturated rings. The lowest BCUT2D eigenvalue weighted by molar-refractivity contribution is 0.561. The molecule has 0 aliphatic heterocycles. The van der Waals surface area contributed by atoms with Gasteiger partial charge in [0.2, 0.25) is 0 Å². The maximum absolute atomic E-state index is 2.27. The van der Waals surface area contributed by atoms with E-state index < -0.39 is 0 Å². The standard InChI is InChI=1S/C13H20.C2H6.CH4/c1-3-8-12(9-4-2)13-10-6-5-7-11-13;1-2;/h5-7,10-12H,3-4,8-9H2,1-2H3;1-2H3;1H4. The molecule has 0 nitrogen and oxygen atoms in total. The number of rotatable bonds is 5. The molecular formula is C16H30. The highest BCUT2D eigenvalue weighted by Crippen LogP contribution is 2.25. The Hall–Kier alpha value is -0.780. The van der Waals surface area contributed by atoms with Gasteiger partial charge in [-0.1, -0.05) is 78.3 Å². The van der Waals surface area contributed by atoms with Crippen molar-refractivity contribution in [3.63, 3.8) is 0 Å². The summed E-state index contributed by atoms with van der Waals surface area (Å²) in [6, 6.07) is 10.9. The molecule has 0 saturated carbocycles. The maximum atomic E-state index is 2.27. The fraction of sp³-hybridized carbons (Fsp3) is 0.625. The first kappa shape index (κ1) is 17.6. The smallest absolute Gasteiger partial charge is 0.0162 e. The summed E-state index contributed by atoms with van der Waals surface area (Å²) in [6.07, 6.45) is 5.24. The monoisotopic (exact) mass is 222 g/mol. The van der Waals surface area contributed by atoms with Gasteiger partial charge >= 0.3 is 0 Å². The second kappa shape index (κ2) is 12.3. The Kier molecular flexibility index (Phi) is 13.5. The van der Waals surface area contributed by atoms with Crippen LogP contribution in [0.2, 0.25) is 0 Å². The van der Waals surface area contributed by atoms with Crippen LogP contribution in [-0.2, 0) is 0 Å². The highest BCUT2D eigenvalue weighted by Gasteiger charge is 2.07. The summed E-state index contributed by atoms with van der Waals surface area (Å²) in [4.78, 5) is 0. The fourth-order valence-electron chi connectivity index (χ4n) is 1.90. The van der Waals surface area contributed by atoms with Crippen molar-refractivity contribution in [3.8, 4) is 0 Å². The van der Waals surface area contributed by atoms with Gasteiger partial charge in [-0.3, -0.25) is 0 Å². The number of hydrogen-bond acceptors (Lipinski definition) is 0.